The summed E-state index contributed by atoms with van der Waals surface area (Å²) in [4.78, 5) is 26.0. The Bertz CT molecular complexity index is 1120. The summed E-state index contributed by atoms with van der Waals surface area (Å²) in [5.41, 5.74) is 0.841. The van der Waals surface area contributed by atoms with Crippen LogP contribution in [0, 0.1) is 0 Å². The highest BCUT2D eigenvalue weighted by molar-refractivity contribution is 5.82. The fourth-order valence-electron chi connectivity index (χ4n) is 4.05. The quantitative estimate of drug-likeness (QED) is 0.620. The van der Waals surface area contributed by atoms with E-state index in [0.29, 0.717) is 49.4 Å². The predicted molar refractivity (Wildman–Crippen MR) is 115 cm³/mol. The molecule has 6 rings (SSSR count). The maximum Gasteiger partial charge on any atom is 0.267 e. The molecule has 0 N–H and O–H groups in total. The van der Waals surface area contributed by atoms with E-state index in [9.17, 15) is 4.79 Å². The van der Waals surface area contributed by atoms with Gasteiger partial charge in [0.05, 0.1) is 0 Å². The highest BCUT2D eigenvalue weighted by atomic mass is 16.6. The van der Waals surface area contributed by atoms with Crippen molar-refractivity contribution in [1.29, 1.82) is 0 Å². The lowest BCUT2D eigenvalue weighted by atomic mass is 10.2. The number of para-hydroxylation sites is 2. The second-order valence-electron chi connectivity index (χ2n) is 8.31. The van der Waals surface area contributed by atoms with Gasteiger partial charge < -0.3 is 23.8 Å². The molecule has 0 spiro atoms. The Morgan fingerprint density at radius 2 is 1.81 bits per heavy atom. The van der Waals surface area contributed by atoms with Gasteiger partial charge >= 0.3 is 0 Å². The lowest BCUT2D eigenvalue weighted by molar-refractivity contribution is -0.141. The van der Waals surface area contributed by atoms with Crippen LogP contribution in [0.2, 0.25) is 0 Å². The van der Waals surface area contributed by atoms with E-state index >= 15 is 0 Å². The van der Waals surface area contributed by atoms with E-state index in [-0.39, 0.29) is 12.5 Å². The number of hydrogen-bond acceptors (Lipinski definition) is 8. The number of hydrogen-bond donors (Lipinski definition) is 0. The first-order valence-electron chi connectivity index (χ1n) is 11.0. The summed E-state index contributed by atoms with van der Waals surface area (Å²) in [6.07, 6.45) is 3.42. The third-order valence-electron chi connectivity index (χ3n) is 6.07. The van der Waals surface area contributed by atoms with Crippen molar-refractivity contribution in [2.45, 2.75) is 24.9 Å². The van der Waals surface area contributed by atoms with Gasteiger partial charge in [0.2, 0.25) is 17.8 Å². The molecule has 1 aromatic carbocycles. The van der Waals surface area contributed by atoms with Crippen LogP contribution in [-0.4, -0.2) is 64.8 Å². The van der Waals surface area contributed by atoms with Crippen molar-refractivity contribution >= 4 is 11.7 Å². The highest BCUT2D eigenvalue weighted by Crippen LogP contribution is 2.39. The normalized spacial score (nSPS) is 20.3. The molecule has 4 heterocycles. The number of benzene rings is 1. The fourth-order valence-corrected chi connectivity index (χ4v) is 4.05. The smallest absolute Gasteiger partial charge is 0.267 e. The molecule has 2 aromatic heterocycles. The first-order valence-corrected chi connectivity index (χ1v) is 11.0. The van der Waals surface area contributed by atoms with Crippen molar-refractivity contribution in [3.8, 4) is 22.9 Å². The van der Waals surface area contributed by atoms with Crippen LogP contribution in [0.25, 0.3) is 11.4 Å². The maximum absolute atomic E-state index is 12.9. The minimum atomic E-state index is -0.607. The van der Waals surface area contributed by atoms with Gasteiger partial charge in [-0.3, -0.25) is 4.79 Å². The van der Waals surface area contributed by atoms with Gasteiger partial charge in [-0.15, -0.1) is 0 Å². The molecular weight excluding hydrogens is 410 g/mol. The summed E-state index contributed by atoms with van der Waals surface area (Å²) in [5.74, 6) is 3.87. The van der Waals surface area contributed by atoms with Crippen molar-refractivity contribution in [1.82, 2.24) is 20.0 Å². The van der Waals surface area contributed by atoms with Crippen LogP contribution in [0.4, 0.5) is 5.82 Å². The van der Waals surface area contributed by atoms with E-state index < -0.39 is 6.10 Å². The summed E-state index contributed by atoms with van der Waals surface area (Å²) >= 11 is 0. The van der Waals surface area contributed by atoms with Gasteiger partial charge in [0.25, 0.3) is 5.91 Å². The Morgan fingerprint density at radius 1 is 1.00 bits per heavy atom. The maximum atomic E-state index is 12.9. The molecule has 1 saturated carbocycles. The summed E-state index contributed by atoms with van der Waals surface area (Å²) in [6, 6.07) is 11.4. The van der Waals surface area contributed by atoms with Gasteiger partial charge in [0.15, 0.2) is 11.5 Å². The molecule has 1 aliphatic carbocycles. The molecule has 9 heteroatoms. The third-order valence-corrected chi connectivity index (χ3v) is 6.07. The van der Waals surface area contributed by atoms with Crippen molar-refractivity contribution in [3.05, 3.63) is 48.5 Å². The monoisotopic (exact) mass is 433 g/mol. The van der Waals surface area contributed by atoms with Gasteiger partial charge in [0, 0.05) is 43.9 Å². The average molecular weight is 433 g/mol. The number of carbonyl (C=O) groups excluding carboxylic acids is 1. The lowest BCUT2D eigenvalue weighted by Gasteiger charge is -2.37. The van der Waals surface area contributed by atoms with Gasteiger partial charge in [-0.25, -0.2) is 4.98 Å². The van der Waals surface area contributed by atoms with E-state index in [1.807, 2.05) is 41.3 Å². The number of anilines is 1. The van der Waals surface area contributed by atoms with Gasteiger partial charge in [-0.2, -0.15) is 4.98 Å². The van der Waals surface area contributed by atoms with Crippen LogP contribution < -0.4 is 14.4 Å². The number of nitrogens with zero attached hydrogens (tertiary/aromatic N) is 5. The summed E-state index contributed by atoms with van der Waals surface area (Å²) in [5, 5.41) is 4.07. The fraction of sp³-hybridized carbons (Fsp3) is 0.391. The first kappa shape index (κ1) is 19.1. The molecule has 32 heavy (non-hydrogen) atoms. The molecule has 1 saturated heterocycles. The molecule has 1 unspecified atom stereocenters. The Labute approximate surface area is 184 Å². The molecule has 3 aliphatic rings. The average Bonchev–Trinajstić information content (AvgIpc) is 3.60. The van der Waals surface area contributed by atoms with E-state index in [1.165, 1.54) is 0 Å². The van der Waals surface area contributed by atoms with Crippen molar-refractivity contribution in [2.75, 3.05) is 37.7 Å². The summed E-state index contributed by atoms with van der Waals surface area (Å²) in [6.45, 7) is 2.86. The SMILES string of the molecule is O=C(C1COc2ccccc2O1)N1CCN(c2ccc(-c3noc(C4CC4)n3)cn2)CC1. The summed E-state index contributed by atoms with van der Waals surface area (Å²) in [7, 11) is 0. The molecule has 1 atom stereocenters. The van der Waals surface area contributed by atoms with Crippen LogP contribution in [-0.2, 0) is 4.79 Å². The van der Waals surface area contributed by atoms with Crippen molar-refractivity contribution < 1.29 is 18.8 Å². The van der Waals surface area contributed by atoms with E-state index in [4.69, 9.17) is 14.0 Å². The number of ether oxygens (including phenoxy) is 2. The zero-order valence-electron chi connectivity index (χ0n) is 17.5. The molecular formula is C23H23N5O4. The molecule has 0 radical (unpaired) electrons. The molecule has 1 amide bonds. The molecule has 0 bridgehead atoms. The Kier molecular flexibility index (Phi) is 4.66. The van der Waals surface area contributed by atoms with E-state index in [0.717, 1.165) is 30.1 Å². The zero-order chi connectivity index (χ0) is 21.5. The van der Waals surface area contributed by atoms with E-state index in [1.54, 1.807) is 6.20 Å². The minimum Gasteiger partial charge on any atom is -0.485 e. The van der Waals surface area contributed by atoms with Crippen LogP contribution >= 0.6 is 0 Å². The standard InChI is InChI=1S/C23H23N5O4/c29-23(19-14-30-17-3-1-2-4-18(17)31-19)28-11-9-27(10-12-28)20-8-7-16(13-24-20)21-25-22(32-26-21)15-5-6-15/h1-4,7-8,13,15,19H,5-6,9-12,14H2. The number of amides is 1. The van der Waals surface area contributed by atoms with Gasteiger partial charge in [0.1, 0.15) is 12.4 Å². The third kappa shape index (κ3) is 3.63. The largest absolute Gasteiger partial charge is 0.485 e. The lowest BCUT2D eigenvalue weighted by Crippen LogP contribution is -2.54. The number of rotatable bonds is 4. The second-order valence-corrected chi connectivity index (χ2v) is 8.31. The van der Waals surface area contributed by atoms with Gasteiger partial charge in [-0.1, -0.05) is 17.3 Å². The van der Waals surface area contributed by atoms with Crippen LogP contribution in [0.1, 0.15) is 24.7 Å². The van der Waals surface area contributed by atoms with Gasteiger partial charge in [-0.05, 0) is 37.1 Å². The summed E-state index contributed by atoms with van der Waals surface area (Å²) < 4.78 is 16.9. The molecule has 2 aliphatic heterocycles. The number of aromatic nitrogens is 3. The van der Waals surface area contributed by atoms with Crippen molar-refractivity contribution in [2.24, 2.45) is 0 Å². The number of pyridine rings is 1. The van der Waals surface area contributed by atoms with E-state index in [2.05, 4.69) is 20.0 Å². The number of piperazine rings is 1. The van der Waals surface area contributed by atoms with Crippen LogP contribution in [0.5, 0.6) is 11.5 Å². The van der Waals surface area contributed by atoms with Crippen LogP contribution in [0.15, 0.2) is 47.1 Å². The predicted octanol–water partition coefficient (Wildman–Crippen LogP) is 2.50. The zero-order valence-corrected chi connectivity index (χ0v) is 17.5. The Balaban J connectivity index is 1.06. The van der Waals surface area contributed by atoms with Crippen LogP contribution in [0.3, 0.4) is 0 Å². The molecule has 3 aromatic rings. The van der Waals surface area contributed by atoms with Crippen molar-refractivity contribution in [3.63, 3.8) is 0 Å². The Hall–Kier alpha value is -3.62. The molecule has 9 nitrogen and oxygen atoms in total. The topological polar surface area (TPSA) is 93.8 Å². The highest BCUT2D eigenvalue weighted by Gasteiger charge is 2.33. The molecule has 164 valence electrons. The molecule has 2 fully saturated rings. The first-order chi connectivity index (χ1) is 15.7. The minimum absolute atomic E-state index is 0.0361. The second kappa shape index (κ2) is 7.81. The Morgan fingerprint density at radius 3 is 2.56 bits per heavy atom. The number of carbonyl (C=O) groups is 1. The number of fused-ring (bicyclic) bond motifs is 1.